The number of amides is 3. The number of phenolic OH excluding ortho intramolecular Hbond substituents is 1. The normalized spacial score (nSPS) is 13.8. The number of carbonyl (C=O) groups excluding carboxylic acids is 3. The van der Waals surface area contributed by atoms with Gasteiger partial charge in [0.15, 0.2) is 0 Å². The number of benzene rings is 2. The van der Waals surface area contributed by atoms with Crippen molar-refractivity contribution in [2.24, 2.45) is 5.92 Å². The van der Waals surface area contributed by atoms with Gasteiger partial charge >= 0.3 is 6.09 Å². The molecule has 38 heavy (non-hydrogen) atoms. The van der Waals surface area contributed by atoms with Gasteiger partial charge in [-0.25, -0.2) is 4.79 Å². The Hall–Kier alpha value is -3.55. The molecule has 0 spiro atoms. The second-order valence-electron chi connectivity index (χ2n) is 11.1. The first-order valence-corrected chi connectivity index (χ1v) is 13.1. The second-order valence-corrected chi connectivity index (χ2v) is 11.1. The van der Waals surface area contributed by atoms with E-state index >= 15 is 0 Å². The summed E-state index contributed by atoms with van der Waals surface area (Å²) in [7, 11) is 0. The maximum Gasteiger partial charge on any atom is 0.408 e. The van der Waals surface area contributed by atoms with Gasteiger partial charge in [0.2, 0.25) is 5.91 Å². The average Bonchev–Trinajstić information content (AvgIpc) is 2.81. The molecule has 3 unspecified atom stereocenters. The predicted molar refractivity (Wildman–Crippen MR) is 150 cm³/mol. The number of hydrogen-bond donors (Lipinski definition) is 3. The molecule has 0 aliphatic carbocycles. The molecule has 0 saturated carbocycles. The summed E-state index contributed by atoms with van der Waals surface area (Å²) >= 11 is 0. The van der Waals surface area contributed by atoms with Crippen LogP contribution >= 0.6 is 0 Å². The molecule has 0 aliphatic rings. The topological polar surface area (TPSA) is 108 Å². The molecule has 0 saturated heterocycles. The number of aryl methyl sites for hydroxylation is 2. The molecule has 0 fully saturated rings. The van der Waals surface area contributed by atoms with Gasteiger partial charge in [0.25, 0.3) is 5.91 Å². The molecule has 2 aromatic carbocycles. The molecule has 8 heteroatoms. The van der Waals surface area contributed by atoms with Crippen molar-refractivity contribution in [2.75, 3.05) is 5.32 Å². The van der Waals surface area contributed by atoms with Crippen LogP contribution in [0.1, 0.15) is 77.6 Å². The maximum atomic E-state index is 14.2. The Morgan fingerprint density at radius 3 is 2.05 bits per heavy atom. The van der Waals surface area contributed by atoms with Gasteiger partial charge in [-0.3, -0.25) is 9.59 Å². The van der Waals surface area contributed by atoms with E-state index in [9.17, 15) is 19.5 Å². The number of ether oxygens (including phenoxy) is 1. The van der Waals surface area contributed by atoms with E-state index in [0.717, 1.165) is 11.1 Å². The van der Waals surface area contributed by atoms with Crippen LogP contribution in [0.25, 0.3) is 0 Å². The highest BCUT2D eigenvalue weighted by Crippen LogP contribution is 2.33. The van der Waals surface area contributed by atoms with Crippen molar-refractivity contribution < 1.29 is 24.2 Å². The largest absolute Gasteiger partial charge is 0.508 e. The Kier molecular flexibility index (Phi) is 10.3. The summed E-state index contributed by atoms with van der Waals surface area (Å²) in [5, 5.41) is 16.5. The number of rotatable bonds is 9. The monoisotopic (exact) mass is 525 g/mol. The van der Waals surface area contributed by atoms with Crippen LogP contribution in [0.2, 0.25) is 0 Å². The van der Waals surface area contributed by atoms with Crippen LogP contribution in [-0.4, -0.2) is 45.6 Å². The lowest BCUT2D eigenvalue weighted by Crippen LogP contribution is -2.56. The van der Waals surface area contributed by atoms with Crippen LogP contribution in [0.5, 0.6) is 5.75 Å². The van der Waals surface area contributed by atoms with Crippen LogP contribution in [0, 0.1) is 19.8 Å². The Morgan fingerprint density at radius 1 is 0.974 bits per heavy atom. The van der Waals surface area contributed by atoms with Crippen molar-refractivity contribution in [3.05, 3.63) is 59.2 Å². The van der Waals surface area contributed by atoms with Crippen LogP contribution < -0.4 is 10.6 Å². The minimum Gasteiger partial charge on any atom is -0.508 e. The maximum absolute atomic E-state index is 14.2. The Balaban J connectivity index is 2.60. The second kappa shape index (κ2) is 12.8. The molecule has 0 heterocycles. The third kappa shape index (κ3) is 7.73. The fraction of sp³-hybridized carbons (Fsp3) is 0.500. The zero-order valence-electron chi connectivity index (χ0n) is 24.1. The van der Waals surface area contributed by atoms with Crippen molar-refractivity contribution in [2.45, 2.75) is 92.5 Å². The highest BCUT2D eigenvalue weighted by atomic mass is 16.6. The Morgan fingerprint density at radius 2 is 1.55 bits per heavy atom. The van der Waals surface area contributed by atoms with Crippen molar-refractivity contribution in [1.82, 2.24) is 10.2 Å². The lowest BCUT2D eigenvalue weighted by atomic mass is 9.94. The first-order valence-electron chi connectivity index (χ1n) is 13.1. The van der Waals surface area contributed by atoms with Gasteiger partial charge in [0.05, 0.1) is 0 Å². The molecule has 0 bridgehead atoms. The SMILES string of the molecule is CCC(C)C(NC(=O)OC(C)(C)C)C(=O)N(C(C)C)C(C(=O)Nc1c(C)cccc1C)c1ccccc1O. The van der Waals surface area contributed by atoms with Crippen molar-refractivity contribution in [3.8, 4) is 5.75 Å². The van der Waals surface area contributed by atoms with E-state index in [-0.39, 0.29) is 11.7 Å². The summed E-state index contributed by atoms with van der Waals surface area (Å²) < 4.78 is 5.43. The van der Waals surface area contributed by atoms with Gasteiger partial charge < -0.3 is 25.4 Å². The predicted octanol–water partition coefficient (Wildman–Crippen LogP) is 5.87. The number of alkyl carbamates (subject to hydrolysis) is 1. The number of anilines is 1. The molecule has 3 amide bonds. The summed E-state index contributed by atoms with van der Waals surface area (Å²) in [5.41, 5.74) is 1.95. The number of nitrogens with one attached hydrogen (secondary N) is 2. The van der Waals surface area contributed by atoms with Gasteiger partial charge in [0, 0.05) is 17.3 Å². The fourth-order valence-electron chi connectivity index (χ4n) is 4.30. The first kappa shape index (κ1) is 30.7. The van der Waals surface area contributed by atoms with Gasteiger partial charge in [-0.1, -0.05) is 56.7 Å². The fourth-order valence-corrected chi connectivity index (χ4v) is 4.30. The first-order chi connectivity index (χ1) is 17.7. The summed E-state index contributed by atoms with van der Waals surface area (Å²) in [4.78, 5) is 42.3. The summed E-state index contributed by atoms with van der Waals surface area (Å²) in [6, 6.07) is 9.64. The van der Waals surface area contributed by atoms with E-state index in [1.807, 2.05) is 45.9 Å². The van der Waals surface area contributed by atoms with Gasteiger partial charge in [-0.05, 0) is 71.6 Å². The lowest BCUT2D eigenvalue weighted by Gasteiger charge is -2.38. The number of aromatic hydroxyl groups is 1. The molecular weight excluding hydrogens is 482 g/mol. The summed E-state index contributed by atoms with van der Waals surface area (Å²) in [6.45, 7) is 16.4. The van der Waals surface area contributed by atoms with Gasteiger partial charge in [-0.15, -0.1) is 0 Å². The zero-order valence-corrected chi connectivity index (χ0v) is 24.1. The highest BCUT2D eigenvalue weighted by Gasteiger charge is 2.40. The molecule has 3 atom stereocenters. The molecule has 0 aliphatic heterocycles. The average molecular weight is 526 g/mol. The molecule has 0 radical (unpaired) electrons. The number of phenols is 1. The van der Waals surface area contributed by atoms with Crippen LogP contribution in [0.4, 0.5) is 10.5 Å². The molecule has 0 aromatic heterocycles. The summed E-state index contributed by atoms with van der Waals surface area (Å²) in [6.07, 6.45) is -0.104. The van der Waals surface area contributed by atoms with E-state index in [1.165, 1.54) is 11.0 Å². The van der Waals surface area contributed by atoms with Crippen molar-refractivity contribution >= 4 is 23.6 Å². The van der Waals surface area contributed by atoms with Crippen LogP contribution in [0.15, 0.2) is 42.5 Å². The lowest BCUT2D eigenvalue weighted by molar-refractivity contribution is -0.144. The molecular formula is C30H43N3O5. The third-order valence-electron chi connectivity index (χ3n) is 6.45. The smallest absolute Gasteiger partial charge is 0.408 e. The van der Waals surface area contributed by atoms with Crippen molar-refractivity contribution in [3.63, 3.8) is 0 Å². The van der Waals surface area contributed by atoms with E-state index in [1.54, 1.807) is 52.8 Å². The molecule has 2 rings (SSSR count). The molecule has 208 valence electrons. The van der Waals surface area contributed by atoms with E-state index in [2.05, 4.69) is 10.6 Å². The summed E-state index contributed by atoms with van der Waals surface area (Å²) in [5.74, 6) is -1.26. The molecule has 2 aromatic rings. The van der Waals surface area contributed by atoms with Gasteiger partial charge in [-0.2, -0.15) is 0 Å². The van der Waals surface area contributed by atoms with E-state index in [4.69, 9.17) is 4.74 Å². The quantitative estimate of drug-likeness (QED) is 0.380. The standard InChI is InChI=1S/C30H43N3O5/c1-10-19(4)25(32-29(37)38-30(7,8)9)28(36)33(18(2)3)26(22-16-11-12-17-23(22)34)27(35)31-24-20(5)14-13-15-21(24)6/h11-19,25-26,34H,10H2,1-9H3,(H,31,35)(H,32,37). The third-order valence-corrected chi connectivity index (χ3v) is 6.45. The molecule has 3 N–H and O–H groups in total. The zero-order chi connectivity index (χ0) is 28.8. The van der Waals surface area contributed by atoms with Crippen LogP contribution in [0.3, 0.4) is 0 Å². The minimum absolute atomic E-state index is 0.104. The Bertz CT molecular complexity index is 1120. The number of hydrogen-bond acceptors (Lipinski definition) is 5. The van der Waals surface area contributed by atoms with Crippen molar-refractivity contribution in [1.29, 1.82) is 0 Å². The van der Waals surface area contributed by atoms with E-state index < -0.39 is 41.6 Å². The minimum atomic E-state index is -1.16. The Labute approximate surface area is 226 Å². The highest BCUT2D eigenvalue weighted by molar-refractivity contribution is 6.00. The number of para-hydroxylation sites is 2. The van der Waals surface area contributed by atoms with Crippen LogP contribution in [-0.2, 0) is 14.3 Å². The number of carbonyl (C=O) groups is 3. The van der Waals surface area contributed by atoms with Gasteiger partial charge in [0.1, 0.15) is 23.4 Å². The molecule has 8 nitrogen and oxygen atoms in total. The number of nitrogens with zero attached hydrogens (tertiary/aromatic N) is 1. The van der Waals surface area contributed by atoms with E-state index in [0.29, 0.717) is 17.7 Å².